The highest BCUT2D eigenvalue weighted by Crippen LogP contribution is 2.30. The van der Waals surface area contributed by atoms with Crippen molar-refractivity contribution in [2.45, 2.75) is 25.9 Å². The van der Waals surface area contributed by atoms with Gasteiger partial charge in [0.05, 0.1) is 0 Å². The average Bonchev–Trinajstić information content (AvgIpc) is 2.39. The van der Waals surface area contributed by atoms with Gasteiger partial charge in [-0.1, -0.05) is 12.1 Å². The quantitative estimate of drug-likeness (QED) is 0.592. The van der Waals surface area contributed by atoms with Gasteiger partial charge >= 0.3 is 5.97 Å². The summed E-state index contributed by atoms with van der Waals surface area (Å²) >= 11 is 0. The van der Waals surface area contributed by atoms with Crippen LogP contribution in [0.3, 0.4) is 0 Å². The normalized spacial score (nSPS) is 18.2. The highest BCUT2D eigenvalue weighted by molar-refractivity contribution is 5.69. The molecule has 1 aromatic carbocycles. The van der Waals surface area contributed by atoms with Crippen molar-refractivity contribution in [3.8, 4) is 11.8 Å². The molecule has 0 spiro atoms. The summed E-state index contributed by atoms with van der Waals surface area (Å²) in [6.07, 6.45) is 3.37. The Kier molecular flexibility index (Phi) is 3.63. The van der Waals surface area contributed by atoms with Gasteiger partial charge in [0.2, 0.25) is 0 Å². The Labute approximate surface area is 105 Å². The molecule has 92 valence electrons. The molecule has 0 aliphatic carbocycles. The van der Waals surface area contributed by atoms with E-state index in [2.05, 4.69) is 0 Å². The topological polar surface area (TPSA) is 59.3 Å². The third-order valence-electron chi connectivity index (χ3n) is 2.65. The van der Waals surface area contributed by atoms with Gasteiger partial charge in [0.15, 0.2) is 5.76 Å². The molecule has 0 radical (unpaired) electrons. The molecule has 0 N–H and O–H groups in total. The second kappa shape index (κ2) is 5.37. The Morgan fingerprint density at radius 1 is 1.44 bits per heavy atom. The van der Waals surface area contributed by atoms with E-state index in [0.29, 0.717) is 11.5 Å². The minimum atomic E-state index is -0.341. The third kappa shape index (κ3) is 2.89. The van der Waals surface area contributed by atoms with E-state index in [4.69, 9.17) is 14.7 Å². The first-order valence-corrected chi connectivity index (χ1v) is 5.74. The van der Waals surface area contributed by atoms with Crippen LogP contribution in [0.15, 0.2) is 36.1 Å². The molecule has 4 nitrogen and oxygen atoms in total. The number of nitriles is 1. The molecule has 1 aromatic rings. The Bertz CT molecular complexity index is 511. The lowest BCUT2D eigenvalue weighted by Gasteiger charge is -2.22. The van der Waals surface area contributed by atoms with Gasteiger partial charge in [-0.25, -0.2) is 0 Å². The molecular weight excluding hydrogens is 230 g/mol. The number of hydrogen-bond acceptors (Lipinski definition) is 4. The van der Waals surface area contributed by atoms with Crippen LogP contribution in [0.25, 0.3) is 0 Å². The highest BCUT2D eigenvalue weighted by Gasteiger charge is 2.18. The van der Waals surface area contributed by atoms with Gasteiger partial charge in [-0.3, -0.25) is 4.79 Å². The highest BCUT2D eigenvalue weighted by atomic mass is 16.5. The van der Waals surface area contributed by atoms with Crippen LogP contribution >= 0.6 is 0 Å². The molecule has 1 aliphatic rings. The average molecular weight is 243 g/mol. The summed E-state index contributed by atoms with van der Waals surface area (Å²) in [5, 5.41) is 8.80. The summed E-state index contributed by atoms with van der Waals surface area (Å²) in [4.78, 5) is 10.8. The largest absolute Gasteiger partial charge is 0.476 e. The number of carbonyl (C=O) groups is 1. The summed E-state index contributed by atoms with van der Waals surface area (Å²) in [5.74, 6) is 0.541. The van der Waals surface area contributed by atoms with Crippen LogP contribution in [0, 0.1) is 11.3 Å². The van der Waals surface area contributed by atoms with Crippen LogP contribution < -0.4 is 4.74 Å². The molecule has 0 fully saturated rings. The first kappa shape index (κ1) is 12.2. The predicted octanol–water partition coefficient (Wildman–Crippen LogP) is 2.87. The van der Waals surface area contributed by atoms with Crippen LogP contribution in [-0.4, -0.2) is 5.97 Å². The van der Waals surface area contributed by atoms with E-state index in [0.717, 1.165) is 18.4 Å². The number of carbonyl (C=O) groups excluding carboxylic acids is 1. The number of hydrogen-bond donors (Lipinski definition) is 0. The molecule has 0 aromatic heterocycles. The lowest BCUT2D eigenvalue weighted by Crippen LogP contribution is -2.08. The first-order valence-electron chi connectivity index (χ1n) is 5.74. The van der Waals surface area contributed by atoms with E-state index in [1.807, 2.05) is 18.2 Å². The maximum absolute atomic E-state index is 10.8. The summed E-state index contributed by atoms with van der Waals surface area (Å²) in [6, 6.07) is 9.16. The van der Waals surface area contributed by atoms with Gasteiger partial charge in [0.1, 0.15) is 17.9 Å². The van der Waals surface area contributed by atoms with Crippen molar-refractivity contribution >= 4 is 5.97 Å². The molecule has 1 heterocycles. The third-order valence-corrected chi connectivity index (χ3v) is 2.65. The Morgan fingerprint density at radius 2 is 2.17 bits per heavy atom. The van der Waals surface area contributed by atoms with Gasteiger partial charge in [0.25, 0.3) is 0 Å². The van der Waals surface area contributed by atoms with E-state index < -0.39 is 0 Å². The molecule has 2 rings (SSSR count). The van der Waals surface area contributed by atoms with Crippen molar-refractivity contribution in [2.75, 3.05) is 0 Å². The van der Waals surface area contributed by atoms with Crippen molar-refractivity contribution in [2.24, 2.45) is 0 Å². The monoisotopic (exact) mass is 243 g/mol. The number of benzene rings is 1. The number of rotatable bonds is 2. The second-order valence-corrected chi connectivity index (χ2v) is 4.03. The maximum Gasteiger partial charge on any atom is 0.308 e. The van der Waals surface area contributed by atoms with Crippen molar-refractivity contribution < 1.29 is 14.3 Å². The number of nitrogens with zero attached hydrogens (tertiary/aromatic N) is 1. The van der Waals surface area contributed by atoms with Crippen molar-refractivity contribution in [1.29, 1.82) is 5.26 Å². The van der Waals surface area contributed by atoms with Gasteiger partial charge in [-0.05, 0) is 36.6 Å². The van der Waals surface area contributed by atoms with E-state index >= 15 is 0 Å². The second-order valence-electron chi connectivity index (χ2n) is 4.03. The zero-order valence-corrected chi connectivity index (χ0v) is 10.1. The molecule has 0 unspecified atom stereocenters. The molecular formula is C14H13NO3. The van der Waals surface area contributed by atoms with Crippen LogP contribution in [0.1, 0.15) is 31.4 Å². The van der Waals surface area contributed by atoms with Gasteiger partial charge in [-0.15, -0.1) is 0 Å². The standard InChI is InChI=1S/C14H13NO3/c1-10(16)17-12-7-5-11(6-8-12)14-4-2-3-13(9-15)18-14/h3,5-8,14H,2,4H2,1H3/t14-/m1/s1. The summed E-state index contributed by atoms with van der Waals surface area (Å²) < 4.78 is 10.5. The van der Waals surface area contributed by atoms with Gasteiger partial charge < -0.3 is 9.47 Å². The molecule has 1 atom stereocenters. The number of esters is 1. The first-order chi connectivity index (χ1) is 8.69. The Morgan fingerprint density at radius 3 is 2.78 bits per heavy atom. The number of allylic oxidation sites excluding steroid dienone is 2. The van der Waals surface area contributed by atoms with Crippen LogP contribution in [-0.2, 0) is 9.53 Å². The smallest absolute Gasteiger partial charge is 0.308 e. The zero-order chi connectivity index (χ0) is 13.0. The fraction of sp³-hybridized carbons (Fsp3) is 0.286. The van der Waals surface area contributed by atoms with Crippen molar-refractivity contribution in [1.82, 2.24) is 0 Å². The van der Waals surface area contributed by atoms with E-state index in [1.54, 1.807) is 18.2 Å². The molecule has 18 heavy (non-hydrogen) atoms. The predicted molar refractivity (Wildman–Crippen MR) is 64.5 cm³/mol. The molecule has 0 amide bonds. The van der Waals surface area contributed by atoms with Crippen LogP contribution in [0.4, 0.5) is 0 Å². The Balaban J connectivity index is 2.08. The van der Waals surface area contributed by atoms with Crippen LogP contribution in [0.2, 0.25) is 0 Å². The molecule has 4 heteroatoms. The fourth-order valence-corrected chi connectivity index (χ4v) is 1.85. The van der Waals surface area contributed by atoms with Crippen molar-refractivity contribution in [3.63, 3.8) is 0 Å². The summed E-state index contributed by atoms with van der Waals surface area (Å²) in [6.45, 7) is 1.36. The lowest BCUT2D eigenvalue weighted by atomic mass is 10.0. The van der Waals surface area contributed by atoms with Crippen molar-refractivity contribution in [3.05, 3.63) is 41.7 Å². The summed E-state index contributed by atoms with van der Waals surface area (Å²) in [5.41, 5.74) is 0.978. The Hall–Kier alpha value is -2.28. The molecule has 0 saturated heterocycles. The van der Waals surface area contributed by atoms with E-state index in [-0.39, 0.29) is 12.1 Å². The lowest BCUT2D eigenvalue weighted by molar-refractivity contribution is -0.131. The number of ether oxygens (including phenoxy) is 2. The molecule has 1 aliphatic heterocycles. The van der Waals surface area contributed by atoms with Gasteiger partial charge in [0, 0.05) is 6.92 Å². The fourth-order valence-electron chi connectivity index (χ4n) is 1.85. The minimum Gasteiger partial charge on any atom is -0.476 e. The molecule has 0 saturated carbocycles. The SMILES string of the molecule is CC(=O)Oc1ccc([C@H]2CCC=C(C#N)O2)cc1. The van der Waals surface area contributed by atoms with Gasteiger partial charge in [-0.2, -0.15) is 5.26 Å². The zero-order valence-electron chi connectivity index (χ0n) is 10.1. The minimum absolute atomic E-state index is 0.101. The summed E-state index contributed by atoms with van der Waals surface area (Å²) in [7, 11) is 0. The molecule has 0 bridgehead atoms. The maximum atomic E-state index is 10.8. The van der Waals surface area contributed by atoms with Crippen LogP contribution in [0.5, 0.6) is 5.75 Å². The van der Waals surface area contributed by atoms with E-state index in [1.165, 1.54) is 6.92 Å². The van der Waals surface area contributed by atoms with E-state index in [9.17, 15) is 4.79 Å².